The normalized spacial score (nSPS) is 11.2. The third-order valence-corrected chi connectivity index (χ3v) is 5.66. The predicted octanol–water partition coefficient (Wildman–Crippen LogP) is 9.05. The van der Waals surface area contributed by atoms with E-state index in [0.29, 0.717) is 0 Å². The van der Waals surface area contributed by atoms with Crippen LogP contribution in [0, 0.1) is 0 Å². The second kappa shape index (κ2) is 17.6. The molecule has 0 unspecified atom stereocenters. The van der Waals surface area contributed by atoms with Gasteiger partial charge in [-0.15, -0.1) is 0 Å². The van der Waals surface area contributed by atoms with Gasteiger partial charge in [-0.3, -0.25) is 0 Å². The Morgan fingerprint density at radius 2 is 0.692 bits per heavy atom. The van der Waals surface area contributed by atoms with Crippen molar-refractivity contribution in [2.45, 2.75) is 129 Å². The topological polar surface area (TPSA) is 0 Å². The van der Waals surface area contributed by atoms with E-state index in [2.05, 4.69) is 38.1 Å². The molecule has 0 saturated carbocycles. The summed E-state index contributed by atoms with van der Waals surface area (Å²) in [6.07, 6.45) is 25.3. The number of aryl methyl sites for hydroxylation is 2. The minimum Gasteiger partial charge on any atom is -0.0654 e. The fourth-order valence-corrected chi connectivity index (χ4v) is 3.78. The Labute approximate surface area is 165 Å². The van der Waals surface area contributed by atoms with Crippen molar-refractivity contribution >= 4 is 0 Å². The van der Waals surface area contributed by atoms with Gasteiger partial charge >= 0.3 is 0 Å². The van der Waals surface area contributed by atoms with Crippen LogP contribution < -0.4 is 0 Å². The quantitative estimate of drug-likeness (QED) is 0.229. The molecule has 0 saturated heterocycles. The number of unbranched alkanes of at least 4 members (excludes halogenated alkanes) is 14. The minimum atomic E-state index is 1.25. The van der Waals surface area contributed by atoms with Crippen molar-refractivity contribution in [3.05, 3.63) is 35.4 Å². The molecule has 0 N–H and O–H groups in total. The zero-order valence-corrected chi connectivity index (χ0v) is 18.0. The molecule has 0 fully saturated rings. The van der Waals surface area contributed by atoms with E-state index < -0.39 is 0 Å². The molecular weight excluding hydrogens is 312 g/mol. The van der Waals surface area contributed by atoms with Gasteiger partial charge in [0.2, 0.25) is 0 Å². The van der Waals surface area contributed by atoms with Gasteiger partial charge in [0, 0.05) is 0 Å². The van der Waals surface area contributed by atoms with Crippen molar-refractivity contribution < 1.29 is 0 Å². The van der Waals surface area contributed by atoms with Gasteiger partial charge in [-0.1, -0.05) is 128 Å². The predicted molar refractivity (Wildman–Crippen MR) is 119 cm³/mol. The van der Waals surface area contributed by atoms with Crippen molar-refractivity contribution in [1.82, 2.24) is 0 Å². The number of hydrogen-bond donors (Lipinski definition) is 0. The molecule has 0 atom stereocenters. The second-order valence-corrected chi connectivity index (χ2v) is 8.27. The van der Waals surface area contributed by atoms with Crippen molar-refractivity contribution in [3.63, 3.8) is 0 Å². The Bertz CT molecular complexity index is 389. The van der Waals surface area contributed by atoms with Crippen molar-refractivity contribution in [3.8, 4) is 0 Å². The van der Waals surface area contributed by atoms with Crippen LogP contribution in [0.3, 0.4) is 0 Å². The van der Waals surface area contributed by atoms with Crippen LogP contribution in [0.25, 0.3) is 0 Å². The zero-order chi connectivity index (χ0) is 18.7. The number of benzene rings is 1. The van der Waals surface area contributed by atoms with Crippen LogP contribution in [-0.2, 0) is 12.8 Å². The Hall–Kier alpha value is -0.780. The van der Waals surface area contributed by atoms with Crippen LogP contribution in [0.15, 0.2) is 24.3 Å². The summed E-state index contributed by atoms with van der Waals surface area (Å²) in [6.45, 7) is 4.57. The van der Waals surface area contributed by atoms with E-state index in [4.69, 9.17) is 0 Å². The highest BCUT2D eigenvalue weighted by Gasteiger charge is 1.97. The van der Waals surface area contributed by atoms with Crippen LogP contribution in [0.4, 0.5) is 0 Å². The lowest BCUT2D eigenvalue weighted by Gasteiger charge is -2.05. The van der Waals surface area contributed by atoms with Crippen molar-refractivity contribution in [2.24, 2.45) is 0 Å². The van der Waals surface area contributed by atoms with Crippen LogP contribution in [-0.4, -0.2) is 0 Å². The largest absolute Gasteiger partial charge is 0.0654 e. The van der Waals surface area contributed by atoms with Crippen molar-refractivity contribution in [1.29, 1.82) is 0 Å². The fraction of sp³-hybridized carbons (Fsp3) is 0.769. The van der Waals surface area contributed by atoms with Gasteiger partial charge < -0.3 is 0 Å². The van der Waals surface area contributed by atoms with E-state index in [-0.39, 0.29) is 0 Å². The first-order valence-electron chi connectivity index (χ1n) is 11.9. The Balaban J connectivity index is 1.84. The van der Waals surface area contributed by atoms with Crippen LogP contribution in [0.1, 0.15) is 128 Å². The molecule has 0 aliphatic carbocycles. The average Bonchev–Trinajstić information content (AvgIpc) is 2.67. The van der Waals surface area contributed by atoms with Gasteiger partial charge in [0.1, 0.15) is 0 Å². The van der Waals surface area contributed by atoms with E-state index in [1.54, 1.807) is 0 Å². The number of hydrogen-bond acceptors (Lipinski definition) is 0. The molecule has 0 bridgehead atoms. The SMILES string of the molecule is CCCCCCCCCCCCCCCCc1ccc(CCCC)cc1. The molecule has 0 heteroatoms. The molecule has 0 amide bonds. The first-order valence-corrected chi connectivity index (χ1v) is 11.9. The van der Waals surface area contributed by atoms with Gasteiger partial charge in [-0.25, -0.2) is 0 Å². The molecule has 1 aromatic rings. The molecule has 0 spiro atoms. The molecule has 0 radical (unpaired) electrons. The zero-order valence-electron chi connectivity index (χ0n) is 18.0. The van der Waals surface area contributed by atoms with Gasteiger partial charge in [0.15, 0.2) is 0 Å². The molecule has 0 nitrogen and oxygen atoms in total. The molecule has 26 heavy (non-hydrogen) atoms. The molecule has 0 aliphatic heterocycles. The fourth-order valence-electron chi connectivity index (χ4n) is 3.78. The Kier molecular flexibility index (Phi) is 15.8. The summed E-state index contributed by atoms with van der Waals surface area (Å²) < 4.78 is 0. The summed E-state index contributed by atoms with van der Waals surface area (Å²) in [5.74, 6) is 0. The third-order valence-electron chi connectivity index (χ3n) is 5.66. The van der Waals surface area contributed by atoms with Gasteiger partial charge in [0.25, 0.3) is 0 Å². The summed E-state index contributed by atoms with van der Waals surface area (Å²) in [6, 6.07) is 9.39. The molecule has 1 rings (SSSR count). The molecule has 0 aromatic heterocycles. The summed E-state index contributed by atoms with van der Waals surface area (Å²) >= 11 is 0. The summed E-state index contributed by atoms with van der Waals surface area (Å²) in [7, 11) is 0. The van der Waals surface area contributed by atoms with Crippen molar-refractivity contribution in [2.75, 3.05) is 0 Å². The van der Waals surface area contributed by atoms with E-state index in [1.165, 1.54) is 127 Å². The third kappa shape index (κ3) is 13.4. The summed E-state index contributed by atoms with van der Waals surface area (Å²) in [5, 5.41) is 0. The monoisotopic (exact) mass is 358 g/mol. The van der Waals surface area contributed by atoms with Gasteiger partial charge in [-0.2, -0.15) is 0 Å². The Morgan fingerprint density at radius 1 is 0.385 bits per heavy atom. The molecular formula is C26H46. The van der Waals surface area contributed by atoms with E-state index in [0.717, 1.165) is 0 Å². The maximum absolute atomic E-state index is 2.35. The standard InChI is InChI=1S/C26H46/c1-3-5-7-8-9-10-11-12-13-14-15-16-17-18-20-26-23-21-25(22-24-26)19-6-4-2/h21-24H,3-20H2,1-2H3. The highest BCUT2D eigenvalue weighted by Crippen LogP contribution is 2.14. The molecule has 0 aliphatic rings. The van der Waals surface area contributed by atoms with Crippen LogP contribution in [0.2, 0.25) is 0 Å². The molecule has 1 aromatic carbocycles. The van der Waals surface area contributed by atoms with E-state index >= 15 is 0 Å². The lowest BCUT2D eigenvalue weighted by atomic mass is 10.0. The first kappa shape index (κ1) is 23.3. The Morgan fingerprint density at radius 3 is 1.08 bits per heavy atom. The first-order chi connectivity index (χ1) is 12.9. The summed E-state index contributed by atoms with van der Waals surface area (Å²) in [5.41, 5.74) is 3.04. The lowest BCUT2D eigenvalue weighted by Crippen LogP contribution is -1.89. The minimum absolute atomic E-state index is 1.25. The smallest absolute Gasteiger partial charge is 0.0279 e. The summed E-state index contributed by atoms with van der Waals surface area (Å²) in [4.78, 5) is 0. The maximum Gasteiger partial charge on any atom is -0.0279 e. The second-order valence-electron chi connectivity index (χ2n) is 8.27. The average molecular weight is 359 g/mol. The van der Waals surface area contributed by atoms with E-state index in [1.807, 2.05) is 0 Å². The van der Waals surface area contributed by atoms with Crippen LogP contribution >= 0.6 is 0 Å². The maximum atomic E-state index is 2.35. The van der Waals surface area contributed by atoms with Gasteiger partial charge in [0.05, 0.1) is 0 Å². The van der Waals surface area contributed by atoms with E-state index in [9.17, 15) is 0 Å². The number of rotatable bonds is 18. The van der Waals surface area contributed by atoms with Crippen LogP contribution in [0.5, 0.6) is 0 Å². The molecule has 150 valence electrons. The lowest BCUT2D eigenvalue weighted by molar-refractivity contribution is 0.535. The van der Waals surface area contributed by atoms with Gasteiger partial charge in [-0.05, 0) is 36.8 Å². The highest BCUT2D eigenvalue weighted by molar-refractivity contribution is 5.22. The molecule has 0 heterocycles. The highest BCUT2D eigenvalue weighted by atomic mass is 14.0.